The van der Waals surface area contributed by atoms with E-state index in [1.807, 2.05) is 0 Å². The molecule has 2 aromatic rings. The van der Waals surface area contributed by atoms with Gasteiger partial charge in [-0.3, -0.25) is 4.79 Å². The summed E-state index contributed by atoms with van der Waals surface area (Å²) < 4.78 is 19.5. The number of hydrogen-bond acceptors (Lipinski definition) is 5. The van der Waals surface area contributed by atoms with Gasteiger partial charge in [0.25, 0.3) is 0 Å². The van der Waals surface area contributed by atoms with Gasteiger partial charge in [0.2, 0.25) is 0 Å². The molecule has 21 heavy (non-hydrogen) atoms. The smallest absolute Gasteiger partial charge is 0.392 e. The maximum Gasteiger partial charge on any atom is 0.392 e. The number of nitrogens with zero attached hydrogens (tertiary/aromatic N) is 3. The van der Waals surface area contributed by atoms with Crippen LogP contribution in [0.25, 0.3) is 0 Å². The average Bonchev–Trinajstić information content (AvgIpc) is 2.79. The molecule has 0 spiro atoms. The summed E-state index contributed by atoms with van der Waals surface area (Å²) in [7, 11) is 1.32. The highest BCUT2D eigenvalue weighted by Crippen LogP contribution is 2.19. The zero-order chi connectivity index (χ0) is 15.6. The number of carbonyl (C=O) groups excluding carboxylic acids is 1. The van der Waals surface area contributed by atoms with Crippen molar-refractivity contribution in [3.8, 4) is 5.75 Å². The van der Waals surface area contributed by atoms with Gasteiger partial charge in [-0.25, -0.2) is 4.39 Å². The van der Waals surface area contributed by atoms with Crippen molar-refractivity contribution in [1.29, 1.82) is 0 Å². The highest BCUT2D eigenvalue weighted by molar-refractivity contribution is 5.96. The van der Waals surface area contributed by atoms with Crippen LogP contribution < -0.4 is 4.74 Å². The molecule has 0 saturated heterocycles. The molecule has 0 fully saturated rings. The van der Waals surface area contributed by atoms with Gasteiger partial charge in [0.05, 0.1) is 24.0 Å². The largest absolute Gasteiger partial charge is 0.494 e. The quantitative estimate of drug-likeness (QED) is 0.479. The Balaban J connectivity index is 2.20. The Labute approximate surface area is 119 Å². The van der Waals surface area contributed by atoms with Crippen LogP contribution in [-0.2, 0) is 6.54 Å². The van der Waals surface area contributed by atoms with E-state index >= 15 is 0 Å². The summed E-state index contributed by atoms with van der Waals surface area (Å²) in [6, 6.07) is 3.83. The maximum atomic E-state index is 13.5. The standard InChI is InChI=1S/C13H12FN3O4/c1-8-6-16(15-13(8)17(19)20)7-11(18)9-3-4-12(21-2)10(14)5-9/h3-6H,7H2,1-2H3. The minimum Gasteiger partial charge on any atom is -0.494 e. The predicted octanol–water partition coefficient (Wildman–Crippen LogP) is 2.13. The molecule has 110 valence electrons. The molecule has 1 aromatic carbocycles. The normalized spacial score (nSPS) is 10.4. The molecule has 1 heterocycles. The molecule has 2 rings (SSSR count). The van der Waals surface area contributed by atoms with Crippen LogP contribution in [0.5, 0.6) is 5.75 Å². The number of nitro groups is 1. The number of rotatable bonds is 5. The zero-order valence-electron chi connectivity index (χ0n) is 11.4. The number of ether oxygens (including phenoxy) is 1. The fourth-order valence-electron chi connectivity index (χ4n) is 1.85. The Morgan fingerprint density at radius 2 is 2.24 bits per heavy atom. The van der Waals surface area contributed by atoms with Crippen molar-refractivity contribution < 1.29 is 18.8 Å². The Hall–Kier alpha value is -2.77. The van der Waals surface area contributed by atoms with Crippen molar-refractivity contribution in [2.75, 3.05) is 7.11 Å². The van der Waals surface area contributed by atoms with Crippen molar-refractivity contribution in [3.63, 3.8) is 0 Å². The van der Waals surface area contributed by atoms with Gasteiger partial charge in [-0.2, -0.15) is 4.68 Å². The molecule has 0 aliphatic heterocycles. The number of aromatic nitrogens is 2. The highest BCUT2D eigenvalue weighted by Gasteiger charge is 2.19. The summed E-state index contributed by atoms with van der Waals surface area (Å²) in [5.41, 5.74) is 0.498. The van der Waals surface area contributed by atoms with Crippen molar-refractivity contribution in [1.82, 2.24) is 9.78 Å². The van der Waals surface area contributed by atoms with Crippen LogP contribution in [0.2, 0.25) is 0 Å². The second kappa shape index (κ2) is 5.70. The van der Waals surface area contributed by atoms with Crippen LogP contribution in [0.4, 0.5) is 10.2 Å². The van der Waals surface area contributed by atoms with Crippen molar-refractivity contribution in [2.45, 2.75) is 13.5 Å². The van der Waals surface area contributed by atoms with Crippen LogP contribution in [0.1, 0.15) is 15.9 Å². The lowest BCUT2D eigenvalue weighted by Gasteiger charge is -2.03. The third kappa shape index (κ3) is 3.04. The first kappa shape index (κ1) is 14.6. The van der Waals surface area contributed by atoms with Crippen LogP contribution >= 0.6 is 0 Å². The lowest BCUT2D eigenvalue weighted by molar-refractivity contribution is -0.390. The van der Waals surface area contributed by atoms with Crippen molar-refractivity contribution in [2.24, 2.45) is 0 Å². The minimum atomic E-state index is -0.647. The molecule has 0 atom stereocenters. The number of halogens is 1. The van der Waals surface area contributed by atoms with Gasteiger partial charge in [-0.15, -0.1) is 0 Å². The molecule has 0 saturated carbocycles. The Bertz CT molecular complexity index is 711. The van der Waals surface area contributed by atoms with Gasteiger partial charge in [-0.05, 0) is 30.0 Å². The van der Waals surface area contributed by atoms with Gasteiger partial charge in [-0.1, -0.05) is 0 Å². The van der Waals surface area contributed by atoms with Crippen LogP contribution in [-0.4, -0.2) is 27.6 Å². The Morgan fingerprint density at radius 1 is 1.52 bits per heavy atom. The summed E-state index contributed by atoms with van der Waals surface area (Å²) in [5, 5.41) is 14.4. The monoisotopic (exact) mass is 293 g/mol. The first-order valence-electron chi connectivity index (χ1n) is 5.97. The molecule has 0 radical (unpaired) electrons. The number of benzene rings is 1. The fraction of sp³-hybridized carbons (Fsp3) is 0.231. The van der Waals surface area contributed by atoms with Crippen LogP contribution in [0.15, 0.2) is 24.4 Å². The van der Waals surface area contributed by atoms with E-state index in [4.69, 9.17) is 4.74 Å². The molecule has 0 bridgehead atoms. The summed E-state index contributed by atoms with van der Waals surface area (Å²) >= 11 is 0. The van der Waals surface area contributed by atoms with E-state index in [9.17, 15) is 19.3 Å². The third-order valence-electron chi connectivity index (χ3n) is 2.87. The van der Waals surface area contributed by atoms with E-state index in [-0.39, 0.29) is 23.7 Å². The molecule has 0 amide bonds. The molecule has 8 heteroatoms. The van der Waals surface area contributed by atoms with Crippen molar-refractivity contribution in [3.05, 3.63) is 51.5 Å². The van der Waals surface area contributed by atoms with E-state index in [1.54, 1.807) is 0 Å². The van der Waals surface area contributed by atoms with E-state index in [0.717, 1.165) is 10.7 Å². The number of hydrogen-bond donors (Lipinski definition) is 0. The van der Waals surface area contributed by atoms with Gasteiger partial charge < -0.3 is 14.9 Å². The molecule has 1 aromatic heterocycles. The molecule has 0 unspecified atom stereocenters. The fourth-order valence-corrected chi connectivity index (χ4v) is 1.85. The summed E-state index contributed by atoms with van der Waals surface area (Å²) in [6.45, 7) is 1.32. The summed E-state index contributed by atoms with van der Waals surface area (Å²) in [5.74, 6) is -1.32. The molecular formula is C13H12FN3O4. The number of carbonyl (C=O) groups is 1. The Morgan fingerprint density at radius 3 is 2.76 bits per heavy atom. The van der Waals surface area contributed by atoms with Gasteiger partial charge in [0.1, 0.15) is 6.54 Å². The first-order chi connectivity index (χ1) is 9.92. The average molecular weight is 293 g/mol. The van der Waals surface area contributed by atoms with E-state index in [1.165, 1.54) is 32.4 Å². The minimum absolute atomic E-state index is 0.0390. The Kier molecular flexibility index (Phi) is 3.97. The SMILES string of the molecule is COc1ccc(C(=O)Cn2cc(C)c([N+](=O)[O-])n2)cc1F. The summed E-state index contributed by atoms with van der Waals surface area (Å²) in [6.07, 6.45) is 1.40. The number of methoxy groups -OCH3 is 1. The van der Waals surface area contributed by atoms with E-state index < -0.39 is 16.5 Å². The summed E-state index contributed by atoms with van der Waals surface area (Å²) in [4.78, 5) is 22.1. The molecular weight excluding hydrogens is 281 g/mol. The molecule has 0 aliphatic carbocycles. The number of Topliss-reactive ketones (excluding diaryl/α,β-unsaturated/α-hetero) is 1. The lowest BCUT2D eigenvalue weighted by atomic mass is 10.1. The topological polar surface area (TPSA) is 87.3 Å². The van der Waals surface area contributed by atoms with E-state index in [2.05, 4.69) is 5.10 Å². The van der Waals surface area contributed by atoms with E-state index in [0.29, 0.717) is 5.56 Å². The number of aryl methyl sites for hydroxylation is 1. The second-order valence-corrected chi connectivity index (χ2v) is 4.36. The zero-order valence-corrected chi connectivity index (χ0v) is 11.4. The van der Waals surface area contributed by atoms with Crippen LogP contribution in [0.3, 0.4) is 0 Å². The number of ketones is 1. The second-order valence-electron chi connectivity index (χ2n) is 4.36. The van der Waals surface area contributed by atoms with Gasteiger partial charge in [0.15, 0.2) is 17.3 Å². The molecule has 7 nitrogen and oxygen atoms in total. The predicted molar refractivity (Wildman–Crippen MR) is 70.9 cm³/mol. The maximum absolute atomic E-state index is 13.5. The first-order valence-corrected chi connectivity index (χ1v) is 5.97. The highest BCUT2D eigenvalue weighted by atomic mass is 19.1. The lowest BCUT2D eigenvalue weighted by Crippen LogP contribution is -2.11. The third-order valence-corrected chi connectivity index (χ3v) is 2.87. The van der Waals surface area contributed by atoms with Gasteiger partial charge >= 0.3 is 5.82 Å². The van der Waals surface area contributed by atoms with Crippen molar-refractivity contribution >= 4 is 11.6 Å². The molecule has 0 aliphatic rings. The van der Waals surface area contributed by atoms with Gasteiger partial charge in [0, 0.05) is 5.56 Å². The van der Waals surface area contributed by atoms with Crippen LogP contribution in [0, 0.1) is 22.9 Å². The molecule has 0 N–H and O–H groups in total.